The van der Waals surface area contributed by atoms with Gasteiger partial charge in [0.1, 0.15) is 22.8 Å². The summed E-state index contributed by atoms with van der Waals surface area (Å²) >= 11 is 1.29. The van der Waals surface area contributed by atoms with Gasteiger partial charge in [-0.25, -0.2) is 9.07 Å². The summed E-state index contributed by atoms with van der Waals surface area (Å²) in [6, 6.07) is 15.8. The Bertz CT molecular complexity index is 1130. The molecule has 2 aromatic carbocycles. The quantitative estimate of drug-likeness (QED) is 0.517. The summed E-state index contributed by atoms with van der Waals surface area (Å²) in [5.41, 5.74) is 1.53. The van der Waals surface area contributed by atoms with Gasteiger partial charge in [0.05, 0.1) is 18.0 Å². The number of amides is 1. The van der Waals surface area contributed by atoms with E-state index in [1.165, 1.54) is 40.5 Å². The zero-order valence-electron chi connectivity index (χ0n) is 15.4. The number of nitrogens with one attached hydrogen (secondary N) is 1. The Kier molecular flexibility index (Phi) is 5.30. The predicted molar refractivity (Wildman–Crippen MR) is 108 cm³/mol. The number of anilines is 1. The Morgan fingerprint density at radius 3 is 2.76 bits per heavy atom. The zero-order chi connectivity index (χ0) is 20.2. The molecule has 0 unspecified atom stereocenters. The molecule has 29 heavy (non-hydrogen) atoms. The van der Waals surface area contributed by atoms with Gasteiger partial charge >= 0.3 is 0 Å². The van der Waals surface area contributed by atoms with Crippen molar-refractivity contribution in [3.63, 3.8) is 0 Å². The highest BCUT2D eigenvalue weighted by atomic mass is 32.1. The van der Waals surface area contributed by atoms with Crippen LogP contribution in [-0.2, 0) is 0 Å². The SMILES string of the molecule is CCOc1cc(-c2ccccc2)sc1C(=O)Nc1cc(-n2cnnn2)ccc1F. The summed E-state index contributed by atoms with van der Waals surface area (Å²) in [6.07, 6.45) is 1.39. The normalized spacial score (nSPS) is 10.7. The van der Waals surface area contributed by atoms with E-state index < -0.39 is 11.7 Å². The summed E-state index contributed by atoms with van der Waals surface area (Å²) in [7, 11) is 0. The van der Waals surface area contributed by atoms with Crippen LogP contribution in [0.1, 0.15) is 16.6 Å². The van der Waals surface area contributed by atoms with Crippen molar-refractivity contribution < 1.29 is 13.9 Å². The van der Waals surface area contributed by atoms with E-state index in [-0.39, 0.29) is 5.69 Å². The third-order valence-electron chi connectivity index (χ3n) is 4.07. The molecule has 0 spiro atoms. The van der Waals surface area contributed by atoms with Gasteiger partial charge in [-0.05, 0) is 47.2 Å². The number of hydrogen-bond donors (Lipinski definition) is 1. The van der Waals surface area contributed by atoms with Crippen LogP contribution in [0.2, 0.25) is 0 Å². The minimum Gasteiger partial charge on any atom is -0.492 e. The molecule has 1 amide bonds. The van der Waals surface area contributed by atoms with Gasteiger partial charge in [-0.2, -0.15) is 0 Å². The Balaban J connectivity index is 1.65. The van der Waals surface area contributed by atoms with E-state index >= 15 is 0 Å². The predicted octanol–water partition coefficient (Wildman–Crippen LogP) is 4.18. The molecule has 4 aromatic rings. The number of hydrogen-bond acceptors (Lipinski definition) is 6. The van der Waals surface area contributed by atoms with E-state index in [2.05, 4.69) is 20.8 Å². The largest absolute Gasteiger partial charge is 0.492 e. The van der Waals surface area contributed by atoms with Gasteiger partial charge in [0.15, 0.2) is 0 Å². The second-order valence-corrected chi connectivity index (χ2v) is 7.03. The number of tetrazole rings is 1. The standard InChI is InChI=1S/C20H16FN5O2S/c1-2-28-17-11-18(13-6-4-3-5-7-13)29-19(17)20(27)23-16-10-14(8-9-15(16)21)26-12-22-24-25-26/h3-12H,2H2,1H3,(H,23,27). The smallest absolute Gasteiger partial charge is 0.269 e. The summed E-state index contributed by atoms with van der Waals surface area (Å²) in [5, 5.41) is 13.5. The highest BCUT2D eigenvalue weighted by Gasteiger charge is 2.20. The van der Waals surface area contributed by atoms with Crippen molar-refractivity contribution >= 4 is 22.9 Å². The number of nitrogens with zero attached hydrogens (tertiary/aromatic N) is 4. The zero-order valence-corrected chi connectivity index (χ0v) is 16.2. The monoisotopic (exact) mass is 409 g/mol. The molecule has 0 aliphatic heterocycles. The highest BCUT2D eigenvalue weighted by molar-refractivity contribution is 7.17. The topological polar surface area (TPSA) is 81.9 Å². The molecule has 0 aliphatic carbocycles. The second kappa shape index (κ2) is 8.19. The van der Waals surface area contributed by atoms with Gasteiger partial charge in [-0.15, -0.1) is 16.4 Å². The number of rotatable bonds is 6. The van der Waals surface area contributed by atoms with Crippen LogP contribution < -0.4 is 10.1 Å². The maximum Gasteiger partial charge on any atom is 0.269 e. The summed E-state index contributed by atoms with van der Waals surface area (Å²) in [4.78, 5) is 14.2. The van der Waals surface area contributed by atoms with Gasteiger partial charge in [-0.1, -0.05) is 30.3 Å². The van der Waals surface area contributed by atoms with E-state index in [0.29, 0.717) is 22.9 Å². The molecule has 0 atom stereocenters. The molecule has 2 heterocycles. The van der Waals surface area contributed by atoms with E-state index in [0.717, 1.165) is 10.4 Å². The van der Waals surface area contributed by atoms with E-state index in [1.54, 1.807) is 0 Å². The van der Waals surface area contributed by atoms with Gasteiger partial charge in [0.25, 0.3) is 5.91 Å². The molecule has 4 rings (SSSR count). The molecule has 146 valence electrons. The number of aromatic nitrogens is 4. The van der Waals surface area contributed by atoms with Gasteiger partial charge in [0, 0.05) is 4.88 Å². The molecule has 0 radical (unpaired) electrons. The lowest BCUT2D eigenvalue weighted by Gasteiger charge is -2.09. The van der Waals surface area contributed by atoms with Crippen molar-refractivity contribution in [3.8, 4) is 21.9 Å². The molecule has 0 saturated carbocycles. The fourth-order valence-electron chi connectivity index (χ4n) is 2.75. The molecule has 0 saturated heterocycles. The number of carbonyl (C=O) groups excluding carboxylic acids is 1. The second-order valence-electron chi connectivity index (χ2n) is 5.98. The van der Waals surface area contributed by atoms with Crippen molar-refractivity contribution in [2.75, 3.05) is 11.9 Å². The first kappa shape index (κ1) is 18.8. The number of ether oxygens (including phenoxy) is 1. The first-order valence-electron chi connectivity index (χ1n) is 8.82. The van der Waals surface area contributed by atoms with Crippen molar-refractivity contribution in [3.05, 3.63) is 71.6 Å². The van der Waals surface area contributed by atoms with Gasteiger partial charge in [0.2, 0.25) is 0 Å². The molecule has 0 fully saturated rings. The van der Waals surface area contributed by atoms with E-state index in [4.69, 9.17) is 4.74 Å². The number of halogens is 1. The van der Waals surface area contributed by atoms with Gasteiger partial charge in [-0.3, -0.25) is 4.79 Å². The lowest BCUT2D eigenvalue weighted by molar-refractivity contribution is 0.102. The maximum atomic E-state index is 14.3. The first-order valence-corrected chi connectivity index (χ1v) is 9.63. The van der Waals surface area contributed by atoms with Crippen LogP contribution in [0.3, 0.4) is 0 Å². The summed E-state index contributed by atoms with van der Waals surface area (Å²) in [6.45, 7) is 2.26. The van der Waals surface area contributed by atoms with E-state index in [9.17, 15) is 9.18 Å². The lowest BCUT2D eigenvalue weighted by Crippen LogP contribution is -2.13. The number of thiophene rings is 1. The molecule has 0 bridgehead atoms. The van der Waals surface area contributed by atoms with Crippen molar-refractivity contribution in [1.82, 2.24) is 20.2 Å². The first-order chi connectivity index (χ1) is 14.2. The molecule has 7 nitrogen and oxygen atoms in total. The Morgan fingerprint density at radius 1 is 1.21 bits per heavy atom. The van der Waals surface area contributed by atoms with Crippen LogP contribution in [0.25, 0.3) is 16.1 Å². The molecular formula is C20H16FN5O2S. The van der Waals surface area contributed by atoms with Crippen molar-refractivity contribution in [1.29, 1.82) is 0 Å². The summed E-state index contributed by atoms with van der Waals surface area (Å²) in [5.74, 6) is -0.549. The van der Waals surface area contributed by atoms with Crippen LogP contribution in [0.5, 0.6) is 5.75 Å². The summed E-state index contributed by atoms with van der Waals surface area (Å²) < 4.78 is 21.3. The van der Waals surface area contributed by atoms with Gasteiger partial charge < -0.3 is 10.1 Å². The Morgan fingerprint density at radius 2 is 2.03 bits per heavy atom. The average molecular weight is 409 g/mol. The molecule has 9 heteroatoms. The number of carbonyl (C=O) groups is 1. The average Bonchev–Trinajstić information content (AvgIpc) is 3.41. The van der Waals surface area contributed by atoms with Crippen LogP contribution in [0.4, 0.5) is 10.1 Å². The molecule has 1 N–H and O–H groups in total. The Labute approximate surface area is 169 Å². The lowest BCUT2D eigenvalue weighted by atomic mass is 10.2. The third kappa shape index (κ3) is 3.99. The molecule has 2 aromatic heterocycles. The fraction of sp³-hybridized carbons (Fsp3) is 0.100. The van der Waals surface area contributed by atoms with Crippen LogP contribution in [0.15, 0.2) is 60.9 Å². The maximum absolute atomic E-state index is 14.3. The minimum atomic E-state index is -0.562. The number of benzene rings is 2. The van der Waals surface area contributed by atoms with Crippen LogP contribution in [0, 0.1) is 5.82 Å². The minimum absolute atomic E-state index is 0.0279. The molecule has 0 aliphatic rings. The third-order valence-corrected chi connectivity index (χ3v) is 5.24. The van der Waals surface area contributed by atoms with Crippen LogP contribution in [-0.4, -0.2) is 32.7 Å². The van der Waals surface area contributed by atoms with Crippen molar-refractivity contribution in [2.24, 2.45) is 0 Å². The van der Waals surface area contributed by atoms with E-state index in [1.807, 2.05) is 43.3 Å². The van der Waals surface area contributed by atoms with Crippen molar-refractivity contribution in [2.45, 2.75) is 6.92 Å². The van der Waals surface area contributed by atoms with Crippen LogP contribution >= 0.6 is 11.3 Å². The fourth-order valence-corrected chi connectivity index (χ4v) is 3.75. The Hall–Kier alpha value is -3.59. The highest BCUT2D eigenvalue weighted by Crippen LogP contribution is 2.37. The molecular weight excluding hydrogens is 393 g/mol.